The van der Waals surface area contributed by atoms with Gasteiger partial charge in [-0.15, -0.1) is 0 Å². The van der Waals surface area contributed by atoms with Crippen molar-refractivity contribution in [1.29, 1.82) is 0 Å². The zero-order valence-electron chi connectivity index (χ0n) is 9.04. The Morgan fingerprint density at radius 3 is 2.78 bits per heavy atom. The Morgan fingerprint density at radius 2 is 2.11 bits per heavy atom. The van der Waals surface area contributed by atoms with Gasteiger partial charge in [-0.05, 0) is 12.1 Å². The summed E-state index contributed by atoms with van der Waals surface area (Å²) in [5.74, 6) is 0.662. The first-order valence-electron chi connectivity index (χ1n) is 4.90. The van der Waals surface area contributed by atoms with Gasteiger partial charge < -0.3 is 10.5 Å². The maximum Gasteiger partial charge on any atom is 0.273 e. The molecular formula is C11H8ClN3O3. The third-order valence-corrected chi connectivity index (χ3v) is 2.40. The van der Waals surface area contributed by atoms with E-state index in [0.717, 1.165) is 0 Å². The van der Waals surface area contributed by atoms with Gasteiger partial charge in [0, 0.05) is 12.1 Å². The van der Waals surface area contributed by atoms with E-state index in [2.05, 4.69) is 4.98 Å². The predicted molar refractivity (Wildman–Crippen MR) is 66.8 cm³/mol. The largest absolute Gasteiger partial charge is 0.437 e. The Bertz CT molecular complexity index is 604. The molecular weight excluding hydrogens is 258 g/mol. The highest BCUT2D eigenvalue weighted by Crippen LogP contribution is 2.32. The lowest BCUT2D eigenvalue weighted by Gasteiger charge is -2.06. The molecule has 0 aliphatic carbocycles. The third kappa shape index (κ3) is 2.67. The Balaban J connectivity index is 2.33. The number of aromatic nitrogens is 1. The van der Waals surface area contributed by atoms with Gasteiger partial charge in [0.25, 0.3) is 5.69 Å². The van der Waals surface area contributed by atoms with Crippen LogP contribution in [0.3, 0.4) is 0 Å². The van der Waals surface area contributed by atoms with Gasteiger partial charge in [-0.25, -0.2) is 0 Å². The van der Waals surface area contributed by atoms with Crippen molar-refractivity contribution in [3.63, 3.8) is 0 Å². The fraction of sp³-hybridized carbons (Fsp3) is 0. The van der Waals surface area contributed by atoms with Crippen LogP contribution in [0.5, 0.6) is 11.6 Å². The number of nitrogen functional groups attached to an aromatic ring is 1. The van der Waals surface area contributed by atoms with Crippen LogP contribution in [0.2, 0.25) is 5.02 Å². The zero-order valence-corrected chi connectivity index (χ0v) is 9.79. The predicted octanol–water partition coefficient (Wildman–Crippen LogP) is 3.02. The summed E-state index contributed by atoms with van der Waals surface area (Å²) in [7, 11) is 0. The molecule has 0 bridgehead atoms. The van der Waals surface area contributed by atoms with Gasteiger partial charge in [0.2, 0.25) is 5.88 Å². The van der Waals surface area contributed by atoms with Gasteiger partial charge in [0.15, 0.2) is 5.75 Å². The molecule has 0 spiro atoms. The number of hydrogen-bond donors (Lipinski definition) is 1. The molecule has 0 unspecified atom stereocenters. The lowest BCUT2D eigenvalue weighted by molar-refractivity contribution is -0.384. The van der Waals surface area contributed by atoms with E-state index < -0.39 is 4.92 Å². The summed E-state index contributed by atoms with van der Waals surface area (Å²) < 4.78 is 5.35. The summed E-state index contributed by atoms with van der Waals surface area (Å²) in [5.41, 5.74) is 5.38. The molecule has 0 saturated heterocycles. The van der Waals surface area contributed by atoms with Crippen molar-refractivity contribution in [3.05, 3.63) is 51.5 Å². The van der Waals surface area contributed by atoms with Crippen molar-refractivity contribution < 1.29 is 9.66 Å². The van der Waals surface area contributed by atoms with Crippen molar-refractivity contribution in [2.75, 3.05) is 5.73 Å². The topological polar surface area (TPSA) is 91.3 Å². The first kappa shape index (κ1) is 12.1. The number of nitrogens with zero attached hydrogens (tertiary/aromatic N) is 2. The van der Waals surface area contributed by atoms with E-state index in [9.17, 15) is 10.1 Å². The van der Waals surface area contributed by atoms with Gasteiger partial charge in [-0.3, -0.25) is 10.1 Å². The molecule has 0 aliphatic heterocycles. The number of pyridine rings is 1. The maximum absolute atomic E-state index is 10.6. The summed E-state index contributed by atoms with van der Waals surface area (Å²) in [4.78, 5) is 14.0. The van der Waals surface area contributed by atoms with Crippen LogP contribution in [0, 0.1) is 10.1 Å². The molecule has 6 nitrogen and oxygen atoms in total. The summed E-state index contributed by atoms with van der Waals surface area (Å²) in [6, 6.07) is 8.74. The van der Waals surface area contributed by atoms with Crippen LogP contribution in [-0.4, -0.2) is 9.91 Å². The average molecular weight is 266 g/mol. The highest BCUT2D eigenvalue weighted by molar-refractivity contribution is 6.32. The summed E-state index contributed by atoms with van der Waals surface area (Å²) >= 11 is 5.88. The van der Waals surface area contributed by atoms with Crippen LogP contribution in [-0.2, 0) is 0 Å². The molecule has 18 heavy (non-hydrogen) atoms. The van der Waals surface area contributed by atoms with E-state index in [0.29, 0.717) is 0 Å². The maximum atomic E-state index is 10.6. The Hall–Kier alpha value is -2.34. The standard InChI is InChI=1S/C11H8ClN3O3/c12-8-5-4-7(15(16)17)6-9(8)18-11-3-1-2-10(13)14-11/h1-6H,(H2,13,14). The number of nitro groups is 1. The number of nitro benzene ring substituents is 1. The second-order valence-electron chi connectivity index (χ2n) is 3.37. The lowest BCUT2D eigenvalue weighted by atomic mass is 10.3. The molecule has 2 rings (SSSR count). The van der Waals surface area contributed by atoms with E-state index >= 15 is 0 Å². The second-order valence-corrected chi connectivity index (χ2v) is 3.78. The molecule has 7 heteroatoms. The molecule has 0 atom stereocenters. The summed E-state index contributed by atoms with van der Waals surface area (Å²) in [6.07, 6.45) is 0. The van der Waals surface area contributed by atoms with E-state index in [1.807, 2.05) is 0 Å². The van der Waals surface area contributed by atoms with Crippen LogP contribution < -0.4 is 10.5 Å². The molecule has 2 N–H and O–H groups in total. The number of nitrogens with two attached hydrogens (primary N) is 1. The summed E-state index contributed by atoms with van der Waals surface area (Å²) in [5, 5.41) is 10.9. The van der Waals surface area contributed by atoms with Crippen LogP contribution in [0.25, 0.3) is 0 Å². The van der Waals surface area contributed by atoms with Crippen LogP contribution in [0.4, 0.5) is 11.5 Å². The SMILES string of the molecule is Nc1cccc(Oc2cc([N+](=O)[O-])ccc2Cl)n1. The number of anilines is 1. The number of rotatable bonds is 3. The van der Waals surface area contributed by atoms with Crippen molar-refractivity contribution >= 4 is 23.1 Å². The number of non-ortho nitro benzene ring substituents is 1. The molecule has 92 valence electrons. The molecule has 0 radical (unpaired) electrons. The Morgan fingerprint density at radius 1 is 1.33 bits per heavy atom. The fourth-order valence-corrected chi connectivity index (χ4v) is 1.44. The fourth-order valence-electron chi connectivity index (χ4n) is 1.28. The second kappa shape index (κ2) is 4.89. The van der Waals surface area contributed by atoms with Crippen molar-refractivity contribution in [2.24, 2.45) is 0 Å². The smallest absolute Gasteiger partial charge is 0.273 e. The highest BCUT2D eigenvalue weighted by atomic mass is 35.5. The lowest BCUT2D eigenvalue weighted by Crippen LogP contribution is -1.94. The van der Waals surface area contributed by atoms with Crippen molar-refractivity contribution in [2.45, 2.75) is 0 Å². The van der Waals surface area contributed by atoms with Crippen LogP contribution >= 0.6 is 11.6 Å². The van der Waals surface area contributed by atoms with Crippen molar-refractivity contribution in [3.8, 4) is 11.6 Å². The molecule has 0 aliphatic rings. The molecule has 0 amide bonds. The molecule has 0 saturated carbocycles. The molecule has 1 heterocycles. The highest BCUT2D eigenvalue weighted by Gasteiger charge is 2.11. The number of benzene rings is 1. The normalized spacial score (nSPS) is 10.1. The van der Waals surface area contributed by atoms with E-state index in [-0.39, 0.29) is 28.2 Å². The van der Waals surface area contributed by atoms with Gasteiger partial charge >= 0.3 is 0 Å². The minimum atomic E-state index is -0.532. The Kier molecular flexibility index (Phi) is 3.29. The number of ether oxygens (including phenoxy) is 1. The first-order chi connectivity index (χ1) is 8.56. The van der Waals surface area contributed by atoms with Gasteiger partial charge in [-0.1, -0.05) is 17.7 Å². The zero-order chi connectivity index (χ0) is 13.1. The third-order valence-electron chi connectivity index (χ3n) is 2.09. The van der Waals surface area contributed by atoms with E-state index in [1.165, 1.54) is 18.2 Å². The Labute approximate surface area is 107 Å². The van der Waals surface area contributed by atoms with E-state index in [4.69, 9.17) is 22.1 Å². The number of halogens is 1. The summed E-state index contributed by atoms with van der Waals surface area (Å²) in [6.45, 7) is 0. The van der Waals surface area contributed by atoms with Crippen LogP contribution in [0.15, 0.2) is 36.4 Å². The quantitative estimate of drug-likeness (QED) is 0.680. The minimum absolute atomic E-state index is 0.113. The molecule has 2 aromatic rings. The molecule has 0 fully saturated rings. The van der Waals surface area contributed by atoms with E-state index in [1.54, 1.807) is 18.2 Å². The van der Waals surface area contributed by atoms with Crippen molar-refractivity contribution in [1.82, 2.24) is 4.98 Å². The first-order valence-corrected chi connectivity index (χ1v) is 5.28. The average Bonchev–Trinajstić information content (AvgIpc) is 2.31. The van der Waals surface area contributed by atoms with Gasteiger partial charge in [0.1, 0.15) is 5.82 Å². The number of hydrogen-bond acceptors (Lipinski definition) is 5. The van der Waals surface area contributed by atoms with Gasteiger partial charge in [0.05, 0.1) is 16.0 Å². The minimum Gasteiger partial charge on any atom is -0.437 e. The molecule has 1 aromatic carbocycles. The van der Waals surface area contributed by atoms with Crippen LogP contribution in [0.1, 0.15) is 0 Å². The van der Waals surface area contributed by atoms with Gasteiger partial charge in [-0.2, -0.15) is 4.98 Å². The molecule has 1 aromatic heterocycles. The monoisotopic (exact) mass is 265 g/mol.